The van der Waals surface area contributed by atoms with Crippen LogP contribution in [-0.2, 0) is 16.6 Å². The Morgan fingerprint density at radius 3 is 2.35 bits per heavy atom. The minimum absolute atomic E-state index is 0.0798. The van der Waals surface area contributed by atoms with Crippen LogP contribution in [0.2, 0.25) is 0 Å². The van der Waals surface area contributed by atoms with Crippen LogP contribution in [0.25, 0.3) is 0 Å². The summed E-state index contributed by atoms with van der Waals surface area (Å²) < 4.78 is 88.6. The number of anilines is 2. The molecule has 0 amide bonds. The van der Waals surface area contributed by atoms with Crippen molar-refractivity contribution >= 4 is 11.4 Å². The second-order valence-corrected chi connectivity index (χ2v) is 10.1. The molecule has 2 aliphatic rings. The predicted octanol–water partition coefficient (Wildman–Crippen LogP) is 5.69. The normalized spacial score (nSPS) is 20.4. The molecule has 0 radical (unpaired) electrons. The van der Waals surface area contributed by atoms with Crippen molar-refractivity contribution in [3.05, 3.63) is 89.5 Å². The third kappa shape index (κ3) is 6.00. The molecule has 1 fully saturated rings. The van der Waals surface area contributed by atoms with Crippen molar-refractivity contribution < 1.29 is 40.9 Å². The maximum Gasteiger partial charge on any atom is 0.573 e. The number of fused-ring (bicyclic) bond motifs is 1. The molecular formula is C29H28F6N2O3. The lowest BCUT2D eigenvalue weighted by Crippen LogP contribution is -2.44. The van der Waals surface area contributed by atoms with E-state index in [1.807, 2.05) is 30.3 Å². The van der Waals surface area contributed by atoms with Crippen LogP contribution < -0.4 is 14.5 Å². The Kier molecular flexibility index (Phi) is 7.62. The van der Waals surface area contributed by atoms with Gasteiger partial charge in [-0.05, 0) is 53.4 Å². The van der Waals surface area contributed by atoms with Crippen molar-refractivity contribution in [2.45, 2.75) is 30.5 Å². The number of aliphatic hydroxyl groups is 1. The smallest absolute Gasteiger partial charge is 0.406 e. The lowest BCUT2D eigenvalue weighted by Gasteiger charge is -2.35. The van der Waals surface area contributed by atoms with Gasteiger partial charge in [-0.1, -0.05) is 42.5 Å². The topological polar surface area (TPSA) is 45.2 Å². The summed E-state index contributed by atoms with van der Waals surface area (Å²) in [5, 5.41) is 9.95. The third-order valence-electron chi connectivity index (χ3n) is 7.41. The van der Waals surface area contributed by atoms with Gasteiger partial charge < -0.3 is 24.4 Å². The molecule has 214 valence electrons. The molecule has 0 aliphatic carbocycles. The Balaban J connectivity index is 1.60. The van der Waals surface area contributed by atoms with Gasteiger partial charge in [0.15, 0.2) is 6.10 Å². The number of alkyl halides is 6. The van der Waals surface area contributed by atoms with Gasteiger partial charge in [-0.3, -0.25) is 0 Å². The minimum Gasteiger partial charge on any atom is -0.406 e. The molecule has 5 rings (SSSR count). The molecule has 3 aromatic rings. The zero-order valence-corrected chi connectivity index (χ0v) is 21.4. The van der Waals surface area contributed by atoms with Gasteiger partial charge in [0, 0.05) is 36.4 Å². The van der Waals surface area contributed by atoms with Gasteiger partial charge in [-0.25, -0.2) is 0 Å². The maximum atomic E-state index is 13.4. The number of aliphatic hydroxyl groups excluding tert-OH is 1. The summed E-state index contributed by atoms with van der Waals surface area (Å²) >= 11 is 0. The van der Waals surface area contributed by atoms with Crippen LogP contribution in [0.1, 0.15) is 16.7 Å². The number of benzene rings is 3. The van der Waals surface area contributed by atoms with E-state index in [1.54, 1.807) is 24.3 Å². The minimum atomic E-state index is -4.87. The van der Waals surface area contributed by atoms with E-state index in [2.05, 4.69) is 9.64 Å². The van der Waals surface area contributed by atoms with Gasteiger partial charge in [-0.15, -0.1) is 13.2 Å². The molecule has 1 N–H and O–H groups in total. The first-order valence-corrected chi connectivity index (χ1v) is 12.8. The van der Waals surface area contributed by atoms with Gasteiger partial charge in [0.25, 0.3) is 0 Å². The Labute approximate surface area is 227 Å². The van der Waals surface area contributed by atoms with Crippen molar-refractivity contribution in [1.29, 1.82) is 0 Å². The third-order valence-corrected chi connectivity index (χ3v) is 7.41. The fraction of sp³-hybridized carbons (Fsp3) is 0.379. The van der Waals surface area contributed by atoms with E-state index in [0.29, 0.717) is 37.6 Å². The van der Waals surface area contributed by atoms with E-state index in [9.17, 15) is 31.4 Å². The van der Waals surface area contributed by atoms with Crippen LogP contribution in [0.4, 0.5) is 37.7 Å². The number of halogens is 6. The molecule has 0 bridgehead atoms. The van der Waals surface area contributed by atoms with Crippen molar-refractivity contribution in [3.63, 3.8) is 0 Å². The van der Waals surface area contributed by atoms with Crippen molar-refractivity contribution in [2.24, 2.45) is 0 Å². The standard InChI is InChI=1S/C29H28F6N2O3/c30-28(31,32)26(38)18-37-19-27(24-9-1-2-10-25(24)37,17-20-5-3-8-23(15-20)40-29(33,34)35)21-6-4-7-22(16-21)36-11-13-39-14-12-36/h1-10,15-16,26,38H,11-14,17-19H2/t26-,27?/m1/s1. The lowest BCUT2D eigenvalue weighted by atomic mass is 9.71. The Hall–Kier alpha value is -3.44. The zero-order valence-electron chi connectivity index (χ0n) is 21.4. The molecule has 5 nitrogen and oxygen atoms in total. The van der Waals surface area contributed by atoms with E-state index >= 15 is 0 Å². The maximum absolute atomic E-state index is 13.4. The Bertz CT molecular complexity index is 1330. The SMILES string of the molecule is O[C@H](CN1CC(Cc2cccc(OC(F)(F)F)c2)(c2cccc(N3CCOCC3)c2)c2ccccc21)C(F)(F)F. The summed E-state index contributed by atoms with van der Waals surface area (Å²) in [6.07, 6.45) is -12.1. The molecule has 2 aliphatic heterocycles. The quantitative estimate of drug-likeness (QED) is 0.372. The van der Waals surface area contributed by atoms with Gasteiger partial charge >= 0.3 is 12.5 Å². The highest BCUT2D eigenvalue weighted by Crippen LogP contribution is 2.48. The Morgan fingerprint density at radius 2 is 1.62 bits per heavy atom. The summed E-state index contributed by atoms with van der Waals surface area (Å²) in [4.78, 5) is 3.66. The Morgan fingerprint density at radius 1 is 0.900 bits per heavy atom. The van der Waals surface area contributed by atoms with Crippen molar-refractivity contribution in [2.75, 3.05) is 49.2 Å². The molecule has 3 aromatic carbocycles. The fourth-order valence-electron chi connectivity index (χ4n) is 5.65. The number of β-amino-alcohol motifs (C(OH)–C–C–N with tert-alkyl or cyclic N) is 1. The average Bonchev–Trinajstić information content (AvgIpc) is 3.22. The molecule has 40 heavy (non-hydrogen) atoms. The molecular weight excluding hydrogens is 538 g/mol. The van der Waals surface area contributed by atoms with E-state index in [-0.39, 0.29) is 18.7 Å². The molecule has 0 saturated carbocycles. The average molecular weight is 567 g/mol. The first-order chi connectivity index (χ1) is 18.9. The molecule has 1 saturated heterocycles. The highest BCUT2D eigenvalue weighted by atomic mass is 19.4. The number of ether oxygens (including phenoxy) is 2. The number of para-hydroxylation sites is 1. The van der Waals surface area contributed by atoms with Gasteiger partial charge in [0.1, 0.15) is 5.75 Å². The van der Waals surface area contributed by atoms with Crippen LogP contribution in [0.5, 0.6) is 5.75 Å². The largest absolute Gasteiger partial charge is 0.573 e. The summed E-state index contributed by atoms with van der Waals surface area (Å²) in [5.41, 5.74) is 2.57. The number of hydrogen-bond acceptors (Lipinski definition) is 5. The van der Waals surface area contributed by atoms with E-state index in [0.717, 1.165) is 16.8 Å². The van der Waals surface area contributed by atoms with Crippen molar-refractivity contribution in [3.8, 4) is 5.75 Å². The van der Waals surface area contributed by atoms with Gasteiger partial charge in [-0.2, -0.15) is 13.2 Å². The first kappa shape index (κ1) is 28.1. The number of morpholine rings is 1. The van der Waals surface area contributed by atoms with Crippen LogP contribution in [-0.4, -0.2) is 63.1 Å². The van der Waals surface area contributed by atoms with E-state index in [4.69, 9.17) is 4.74 Å². The molecule has 0 aromatic heterocycles. The highest BCUT2D eigenvalue weighted by Gasteiger charge is 2.47. The number of nitrogens with zero attached hydrogens (tertiary/aromatic N) is 2. The van der Waals surface area contributed by atoms with Crippen LogP contribution in [0, 0.1) is 0 Å². The van der Waals surface area contributed by atoms with E-state index in [1.165, 1.54) is 23.1 Å². The second-order valence-electron chi connectivity index (χ2n) is 10.1. The van der Waals surface area contributed by atoms with Crippen LogP contribution in [0.3, 0.4) is 0 Å². The van der Waals surface area contributed by atoms with Crippen LogP contribution >= 0.6 is 0 Å². The van der Waals surface area contributed by atoms with Gasteiger partial charge in [0.05, 0.1) is 19.8 Å². The first-order valence-electron chi connectivity index (χ1n) is 12.8. The van der Waals surface area contributed by atoms with Crippen molar-refractivity contribution in [1.82, 2.24) is 0 Å². The summed E-state index contributed by atoms with van der Waals surface area (Å²) in [6.45, 7) is 1.88. The monoisotopic (exact) mass is 566 g/mol. The summed E-state index contributed by atoms with van der Waals surface area (Å²) in [7, 11) is 0. The van der Waals surface area contributed by atoms with Gasteiger partial charge in [0.2, 0.25) is 0 Å². The molecule has 11 heteroatoms. The number of hydrogen-bond donors (Lipinski definition) is 1. The molecule has 2 atom stereocenters. The fourth-order valence-corrected chi connectivity index (χ4v) is 5.65. The summed E-state index contributed by atoms with van der Waals surface area (Å²) in [5.74, 6) is -0.377. The second kappa shape index (κ2) is 10.9. The molecule has 1 unspecified atom stereocenters. The summed E-state index contributed by atoms with van der Waals surface area (Å²) in [6, 6.07) is 20.4. The number of rotatable bonds is 7. The predicted molar refractivity (Wildman–Crippen MR) is 138 cm³/mol. The highest BCUT2D eigenvalue weighted by molar-refractivity contribution is 5.68. The van der Waals surface area contributed by atoms with Crippen LogP contribution in [0.15, 0.2) is 72.8 Å². The zero-order chi connectivity index (χ0) is 28.5. The lowest BCUT2D eigenvalue weighted by molar-refractivity contribution is -0.274. The molecule has 0 spiro atoms. The van der Waals surface area contributed by atoms with E-state index < -0.39 is 30.6 Å². The molecule has 2 heterocycles.